The van der Waals surface area contributed by atoms with Gasteiger partial charge in [-0.3, -0.25) is 4.90 Å². The molecule has 0 unspecified atom stereocenters. The van der Waals surface area contributed by atoms with E-state index in [1.54, 1.807) is 7.11 Å². The van der Waals surface area contributed by atoms with Gasteiger partial charge in [0, 0.05) is 38.2 Å². The highest BCUT2D eigenvalue weighted by Gasteiger charge is 2.15. The third kappa shape index (κ3) is 4.46. The van der Waals surface area contributed by atoms with Crippen LogP contribution in [0.2, 0.25) is 0 Å². The molecule has 0 N–H and O–H groups in total. The molecule has 0 amide bonds. The van der Waals surface area contributed by atoms with Crippen LogP contribution in [0.15, 0.2) is 16.6 Å². The summed E-state index contributed by atoms with van der Waals surface area (Å²) in [5.74, 6) is -0.708. The van der Waals surface area contributed by atoms with E-state index in [9.17, 15) is 8.78 Å². The van der Waals surface area contributed by atoms with Crippen molar-refractivity contribution < 1.29 is 13.5 Å². The zero-order valence-corrected chi connectivity index (χ0v) is 12.4. The molecule has 102 valence electrons. The number of halogens is 4. The fourth-order valence-electron chi connectivity index (χ4n) is 1.55. The van der Waals surface area contributed by atoms with Crippen molar-refractivity contribution in [3.8, 4) is 0 Å². The van der Waals surface area contributed by atoms with Crippen LogP contribution in [-0.4, -0.2) is 37.6 Å². The van der Waals surface area contributed by atoms with Crippen molar-refractivity contribution in [3.05, 3.63) is 33.8 Å². The lowest BCUT2D eigenvalue weighted by Crippen LogP contribution is -2.29. The first-order chi connectivity index (χ1) is 8.60. The summed E-state index contributed by atoms with van der Waals surface area (Å²) in [5, 5.41) is 0. The van der Waals surface area contributed by atoms with Gasteiger partial charge in [-0.05, 0) is 28.1 Å². The van der Waals surface area contributed by atoms with Gasteiger partial charge in [0.25, 0.3) is 0 Å². The average molecular weight is 343 g/mol. The number of hydrogen-bond acceptors (Lipinski definition) is 2. The Morgan fingerprint density at radius 1 is 1.33 bits per heavy atom. The van der Waals surface area contributed by atoms with Gasteiger partial charge in [0.2, 0.25) is 0 Å². The van der Waals surface area contributed by atoms with Gasteiger partial charge in [0.1, 0.15) is 11.6 Å². The second-order valence-electron chi connectivity index (χ2n) is 3.78. The maximum atomic E-state index is 13.8. The molecule has 0 bridgehead atoms. The molecule has 0 aliphatic carbocycles. The molecule has 0 heterocycles. The number of nitrogens with zero attached hydrogens (tertiary/aromatic N) is 1. The molecule has 1 aromatic rings. The minimum absolute atomic E-state index is 0.0468. The predicted octanol–water partition coefficient (Wildman–Crippen LogP) is 3.41. The molecule has 0 fully saturated rings. The van der Waals surface area contributed by atoms with Gasteiger partial charge in [-0.1, -0.05) is 0 Å². The quantitative estimate of drug-likeness (QED) is 0.556. The van der Waals surface area contributed by atoms with E-state index in [0.29, 0.717) is 25.6 Å². The van der Waals surface area contributed by atoms with E-state index in [-0.39, 0.29) is 16.6 Å². The molecule has 0 atom stereocenters. The van der Waals surface area contributed by atoms with Crippen LogP contribution < -0.4 is 0 Å². The molecule has 18 heavy (non-hydrogen) atoms. The fraction of sp³-hybridized carbons (Fsp3) is 0.500. The van der Waals surface area contributed by atoms with Gasteiger partial charge in [-0.15, -0.1) is 11.6 Å². The van der Waals surface area contributed by atoms with Crippen molar-refractivity contribution in [1.29, 1.82) is 0 Å². The van der Waals surface area contributed by atoms with Crippen molar-refractivity contribution >= 4 is 27.5 Å². The Bertz CT molecular complexity index is 393. The Balaban J connectivity index is 2.82. The van der Waals surface area contributed by atoms with Crippen LogP contribution in [0.3, 0.4) is 0 Å². The lowest BCUT2D eigenvalue weighted by molar-refractivity contribution is 0.146. The Morgan fingerprint density at radius 2 is 2.06 bits per heavy atom. The van der Waals surface area contributed by atoms with Crippen molar-refractivity contribution in [2.45, 2.75) is 6.54 Å². The Labute approximate surface area is 119 Å². The summed E-state index contributed by atoms with van der Waals surface area (Å²) in [6.45, 7) is 1.80. The minimum Gasteiger partial charge on any atom is -0.383 e. The molecule has 0 aliphatic heterocycles. The highest BCUT2D eigenvalue weighted by atomic mass is 79.9. The zero-order valence-electron chi connectivity index (χ0n) is 10.1. The van der Waals surface area contributed by atoms with Crippen LogP contribution >= 0.6 is 27.5 Å². The molecule has 0 saturated heterocycles. The van der Waals surface area contributed by atoms with Crippen molar-refractivity contribution in [2.24, 2.45) is 0 Å². The van der Waals surface area contributed by atoms with E-state index >= 15 is 0 Å². The molecular formula is C12H15BrClF2NO. The molecule has 0 saturated carbocycles. The van der Waals surface area contributed by atoms with Crippen LogP contribution in [-0.2, 0) is 11.3 Å². The molecule has 2 nitrogen and oxygen atoms in total. The fourth-order valence-corrected chi connectivity index (χ4v) is 2.16. The Morgan fingerprint density at radius 3 is 2.67 bits per heavy atom. The highest BCUT2D eigenvalue weighted by molar-refractivity contribution is 9.10. The van der Waals surface area contributed by atoms with Crippen LogP contribution in [0, 0.1) is 11.6 Å². The van der Waals surface area contributed by atoms with Gasteiger partial charge >= 0.3 is 0 Å². The van der Waals surface area contributed by atoms with E-state index in [2.05, 4.69) is 15.9 Å². The first kappa shape index (κ1) is 15.8. The van der Waals surface area contributed by atoms with Crippen LogP contribution in [0.5, 0.6) is 0 Å². The summed E-state index contributed by atoms with van der Waals surface area (Å²) in [6.07, 6.45) is 0. The number of methoxy groups -OCH3 is 1. The second kappa shape index (κ2) is 8.04. The highest BCUT2D eigenvalue weighted by Crippen LogP contribution is 2.22. The van der Waals surface area contributed by atoms with Gasteiger partial charge in [0.05, 0.1) is 11.1 Å². The van der Waals surface area contributed by atoms with E-state index in [0.717, 1.165) is 0 Å². The normalized spacial score (nSPS) is 11.2. The summed E-state index contributed by atoms with van der Waals surface area (Å²) in [4.78, 5) is 1.85. The molecular weight excluding hydrogens is 327 g/mol. The third-order valence-electron chi connectivity index (χ3n) is 2.53. The molecule has 1 rings (SSSR count). The summed E-state index contributed by atoms with van der Waals surface area (Å²) < 4.78 is 32.6. The summed E-state index contributed by atoms with van der Waals surface area (Å²) >= 11 is 8.72. The molecule has 0 aromatic heterocycles. The topological polar surface area (TPSA) is 12.5 Å². The zero-order chi connectivity index (χ0) is 13.5. The smallest absolute Gasteiger partial charge is 0.144 e. The second-order valence-corrected chi connectivity index (χ2v) is 5.01. The summed E-state index contributed by atoms with van der Waals surface area (Å²) in [6, 6.07) is 2.60. The SMILES string of the molecule is COCCN(CCCl)Cc1c(F)ccc(Br)c1F. The van der Waals surface area contributed by atoms with Crippen molar-refractivity contribution in [3.63, 3.8) is 0 Å². The molecule has 1 aromatic carbocycles. The Hall–Kier alpha value is -0.230. The van der Waals surface area contributed by atoms with Crippen LogP contribution in [0.1, 0.15) is 5.56 Å². The van der Waals surface area contributed by atoms with Gasteiger partial charge in [-0.2, -0.15) is 0 Å². The first-order valence-corrected chi connectivity index (χ1v) is 6.82. The van der Waals surface area contributed by atoms with E-state index in [1.807, 2.05) is 4.90 Å². The molecule has 0 aliphatic rings. The number of rotatable bonds is 7. The standard InChI is InChI=1S/C12H15BrClF2NO/c1-18-7-6-17(5-4-14)8-9-11(15)3-2-10(13)12(9)16/h2-3H,4-8H2,1H3. The lowest BCUT2D eigenvalue weighted by Gasteiger charge is -2.21. The van der Waals surface area contributed by atoms with E-state index in [4.69, 9.17) is 16.3 Å². The van der Waals surface area contributed by atoms with Crippen molar-refractivity contribution in [2.75, 3.05) is 32.7 Å². The van der Waals surface area contributed by atoms with Crippen LogP contribution in [0.25, 0.3) is 0 Å². The average Bonchev–Trinajstić information content (AvgIpc) is 2.36. The van der Waals surface area contributed by atoms with Gasteiger partial charge in [-0.25, -0.2) is 8.78 Å². The minimum atomic E-state index is -0.563. The monoisotopic (exact) mass is 341 g/mol. The maximum absolute atomic E-state index is 13.8. The number of ether oxygens (including phenoxy) is 1. The number of alkyl halides is 1. The van der Waals surface area contributed by atoms with Gasteiger partial charge < -0.3 is 4.74 Å². The Kier molecular flexibility index (Phi) is 7.07. The maximum Gasteiger partial charge on any atom is 0.144 e. The molecule has 6 heteroatoms. The van der Waals surface area contributed by atoms with Crippen LogP contribution in [0.4, 0.5) is 8.78 Å². The van der Waals surface area contributed by atoms with Gasteiger partial charge in [0.15, 0.2) is 0 Å². The number of benzene rings is 1. The molecule has 0 radical (unpaired) electrons. The molecule has 0 spiro atoms. The lowest BCUT2D eigenvalue weighted by atomic mass is 10.2. The predicted molar refractivity (Wildman–Crippen MR) is 71.9 cm³/mol. The summed E-state index contributed by atoms with van der Waals surface area (Å²) in [7, 11) is 1.58. The first-order valence-electron chi connectivity index (χ1n) is 5.49. The third-order valence-corrected chi connectivity index (χ3v) is 3.31. The largest absolute Gasteiger partial charge is 0.383 e. The summed E-state index contributed by atoms with van der Waals surface area (Å²) in [5.41, 5.74) is 0.0468. The van der Waals surface area contributed by atoms with Crippen molar-refractivity contribution in [1.82, 2.24) is 4.90 Å². The number of hydrogen-bond donors (Lipinski definition) is 0. The van der Waals surface area contributed by atoms with E-state index < -0.39 is 11.6 Å². The van der Waals surface area contributed by atoms with E-state index in [1.165, 1.54) is 12.1 Å².